The molecule has 0 aliphatic rings. The fourth-order valence-corrected chi connectivity index (χ4v) is 2.94. The van der Waals surface area contributed by atoms with Crippen molar-refractivity contribution in [2.24, 2.45) is 0 Å². The predicted molar refractivity (Wildman–Crippen MR) is 101 cm³/mol. The smallest absolute Gasteiger partial charge is 0.257 e. The monoisotopic (exact) mass is 331 g/mol. The van der Waals surface area contributed by atoms with Gasteiger partial charge in [0.1, 0.15) is 0 Å². The number of anilines is 1. The van der Waals surface area contributed by atoms with E-state index in [4.69, 9.17) is 0 Å². The minimum absolute atomic E-state index is 0.182. The minimum Gasteiger partial charge on any atom is -0.320 e. The highest BCUT2D eigenvalue weighted by molar-refractivity contribution is 6.05. The lowest BCUT2D eigenvalue weighted by molar-refractivity contribution is 0.102. The average Bonchev–Trinajstić information content (AvgIpc) is 2.58. The predicted octanol–water partition coefficient (Wildman–Crippen LogP) is 4.63. The first-order valence-corrected chi connectivity index (χ1v) is 8.22. The van der Waals surface area contributed by atoms with Gasteiger partial charge in [-0.3, -0.25) is 14.8 Å². The van der Waals surface area contributed by atoms with Crippen LogP contribution in [0.25, 0.3) is 11.1 Å². The summed E-state index contributed by atoms with van der Waals surface area (Å²) in [5, 5.41) is 2.97. The van der Waals surface area contributed by atoms with E-state index in [1.165, 1.54) is 5.56 Å². The van der Waals surface area contributed by atoms with Crippen molar-refractivity contribution in [3.05, 3.63) is 76.9 Å². The van der Waals surface area contributed by atoms with Crippen LogP contribution in [0, 0.1) is 27.7 Å². The molecule has 1 amide bonds. The maximum Gasteiger partial charge on any atom is 0.257 e. The molecule has 0 unspecified atom stereocenters. The third-order valence-electron chi connectivity index (χ3n) is 4.12. The van der Waals surface area contributed by atoms with Crippen LogP contribution in [0.4, 0.5) is 5.69 Å². The van der Waals surface area contributed by atoms with Crippen LogP contribution in [-0.4, -0.2) is 15.9 Å². The number of pyridine rings is 2. The van der Waals surface area contributed by atoms with Gasteiger partial charge in [-0.15, -0.1) is 0 Å². The van der Waals surface area contributed by atoms with Gasteiger partial charge in [0.05, 0.1) is 16.9 Å². The average molecular weight is 331 g/mol. The Morgan fingerprint density at radius 1 is 0.960 bits per heavy atom. The summed E-state index contributed by atoms with van der Waals surface area (Å²) in [4.78, 5) is 21.3. The van der Waals surface area contributed by atoms with Crippen LogP contribution in [0.15, 0.2) is 48.8 Å². The number of carbonyl (C=O) groups excluding carboxylic acids is 1. The van der Waals surface area contributed by atoms with Crippen LogP contribution in [-0.2, 0) is 0 Å². The molecule has 0 atom stereocenters. The third kappa shape index (κ3) is 3.74. The Kier molecular flexibility index (Phi) is 4.61. The van der Waals surface area contributed by atoms with E-state index >= 15 is 0 Å². The summed E-state index contributed by atoms with van der Waals surface area (Å²) >= 11 is 0. The fraction of sp³-hybridized carbons (Fsp3) is 0.190. The first-order chi connectivity index (χ1) is 11.9. The second kappa shape index (κ2) is 6.85. The van der Waals surface area contributed by atoms with Crippen LogP contribution in [0.3, 0.4) is 0 Å². The van der Waals surface area contributed by atoms with Gasteiger partial charge in [-0.2, -0.15) is 0 Å². The molecular weight excluding hydrogens is 310 g/mol. The normalized spacial score (nSPS) is 10.6. The summed E-state index contributed by atoms with van der Waals surface area (Å²) < 4.78 is 0. The second-order valence-electron chi connectivity index (χ2n) is 6.33. The number of nitrogens with one attached hydrogen (secondary N) is 1. The van der Waals surface area contributed by atoms with Crippen LogP contribution < -0.4 is 5.32 Å². The first kappa shape index (κ1) is 16.8. The molecule has 1 aromatic carbocycles. The number of aryl methyl sites for hydroxylation is 4. The van der Waals surface area contributed by atoms with E-state index in [0.717, 1.165) is 33.8 Å². The standard InChI is InChI=1S/C21H21N3O/c1-13-6-5-7-17(8-13)18-10-19(12-22-11-18)21(25)24-20-14(2)9-15(3)23-16(20)4/h5-12H,1-4H3,(H,24,25). The van der Waals surface area contributed by atoms with Crippen molar-refractivity contribution >= 4 is 11.6 Å². The van der Waals surface area contributed by atoms with Crippen molar-refractivity contribution < 1.29 is 4.79 Å². The van der Waals surface area contributed by atoms with E-state index < -0.39 is 0 Å². The molecule has 0 radical (unpaired) electrons. The highest BCUT2D eigenvalue weighted by atomic mass is 16.1. The van der Waals surface area contributed by atoms with Crippen molar-refractivity contribution in [3.63, 3.8) is 0 Å². The molecule has 1 N–H and O–H groups in total. The van der Waals surface area contributed by atoms with Gasteiger partial charge in [0.15, 0.2) is 0 Å². The molecule has 0 aliphatic carbocycles. The van der Waals surface area contributed by atoms with Crippen LogP contribution >= 0.6 is 0 Å². The van der Waals surface area contributed by atoms with Crippen molar-refractivity contribution in [1.82, 2.24) is 9.97 Å². The molecule has 0 fully saturated rings. The number of rotatable bonds is 3. The molecule has 0 aliphatic heterocycles. The first-order valence-electron chi connectivity index (χ1n) is 8.22. The summed E-state index contributed by atoms with van der Waals surface area (Å²) in [5.74, 6) is -0.182. The molecular formula is C21H21N3O. The number of hydrogen-bond acceptors (Lipinski definition) is 3. The largest absolute Gasteiger partial charge is 0.320 e. The van der Waals surface area contributed by atoms with Gasteiger partial charge in [-0.1, -0.05) is 29.8 Å². The van der Waals surface area contributed by atoms with E-state index in [2.05, 4.69) is 21.4 Å². The van der Waals surface area contributed by atoms with Crippen molar-refractivity contribution in [2.45, 2.75) is 27.7 Å². The summed E-state index contributed by atoms with van der Waals surface area (Å²) in [7, 11) is 0. The Hall–Kier alpha value is -3.01. The van der Waals surface area contributed by atoms with E-state index in [9.17, 15) is 4.79 Å². The molecule has 126 valence electrons. The molecule has 3 rings (SSSR count). The number of nitrogens with zero attached hydrogens (tertiary/aromatic N) is 2. The van der Waals surface area contributed by atoms with Gasteiger partial charge in [0.2, 0.25) is 0 Å². The highest BCUT2D eigenvalue weighted by Gasteiger charge is 2.12. The maximum absolute atomic E-state index is 12.7. The SMILES string of the molecule is Cc1cccc(-c2cncc(C(=O)Nc3c(C)cc(C)nc3C)c2)c1. The Balaban J connectivity index is 1.90. The van der Waals surface area contributed by atoms with Crippen molar-refractivity contribution in [2.75, 3.05) is 5.32 Å². The molecule has 2 aromatic heterocycles. The lowest BCUT2D eigenvalue weighted by atomic mass is 10.0. The number of carbonyl (C=O) groups is 1. The van der Waals surface area contributed by atoms with Crippen LogP contribution in [0.1, 0.15) is 32.9 Å². The number of amides is 1. The molecule has 3 aromatic rings. The molecule has 4 nitrogen and oxygen atoms in total. The zero-order valence-corrected chi connectivity index (χ0v) is 14.9. The van der Waals surface area contributed by atoms with E-state index in [1.807, 2.05) is 58.0 Å². The maximum atomic E-state index is 12.7. The van der Waals surface area contributed by atoms with Gasteiger partial charge < -0.3 is 5.32 Å². The van der Waals surface area contributed by atoms with E-state index in [1.54, 1.807) is 12.4 Å². The molecule has 0 saturated carbocycles. The molecule has 0 saturated heterocycles. The zero-order valence-electron chi connectivity index (χ0n) is 14.9. The van der Waals surface area contributed by atoms with E-state index in [0.29, 0.717) is 5.56 Å². The topological polar surface area (TPSA) is 54.9 Å². The Bertz CT molecular complexity index is 924. The second-order valence-corrected chi connectivity index (χ2v) is 6.33. The summed E-state index contributed by atoms with van der Waals surface area (Å²) in [6, 6.07) is 12.0. The third-order valence-corrected chi connectivity index (χ3v) is 4.12. The fourth-order valence-electron chi connectivity index (χ4n) is 2.94. The summed E-state index contributed by atoms with van der Waals surface area (Å²) in [6.45, 7) is 7.86. The minimum atomic E-state index is -0.182. The zero-order chi connectivity index (χ0) is 18.0. The summed E-state index contributed by atoms with van der Waals surface area (Å²) in [6.07, 6.45) is 3.36. The van der Waals surface area contributed by atoms with Gasteiger partial charge >= 0.3 is 0 Å². The van der Waals surface area contributed by atoms with Gasteiger partial charge in [-0.05, 0) is 51.0 Å². The lowest BCUT2D eigenvalue weighted by Gasteiger charge is -2.12. The van der Waals surface area contributed by atoms with Gasteiger partial charge in [0.25, 0.3) is 5.91 Å². The molecule has 0 bridgehead atoms. The summed E-state index contributed by atoms with van der Waals surface area (Å²) in [5.41, 5.74) is 7.18. The number of benzene rings is 1. The molecule has 0 spiro atoms. The van der Waals surface area contributed by atoms with Gasteiger partial charge in [0, 0.05) is 23.7 Å². The molecule has 2 heterocycles. The number of hydrogen-bond donors (Lipinski definition) is 1. The van der Waals surface area contributed by atoms with Crippen LogP contribution in [0.5, 0.6) is 0 Å². The van der Waals surface area contributed by atoms with Crippen LogP contribution in [0.2, 0.25) is 0 Å². The molecule has 25 heavy (non-hydrogen) atoms. The highest BCUT2D eigenvalue weighted by Crippen LogP contribution is 2.23. The Labute approximate surface area is 148 Å². The van der Waals surface area contributed by atoms with E-state index in [-0.39, 0.29) is 5.91 Å². The lowest BCUT2D eigenvalue weighted by Crippen LogP contribution is -2.15. The quantitative estimate of drug-likeness (QED) is 0.761. The van der Waals surface area contributed by atoms with Crippen molar-refractivity contribution in [1.29, 1.82) is 0 Å². The van der Waals surface area contributed by atoms with Crippen molar-refractivity contribution in [3.8, 4) is 11.1 Å². The Morgan fingerprint density at radius 2 is 1.76 bits per heavy atom. The Morgan fingerprint density at radius 3 is 2.48 bits per heavy atom. The molecule has 4 heteroatoms. The van der Waals surface area contributed by atoms with Gasteiger partial charge in [-0.25, -0.2) is 0 Å². The number of aromatic nitrogens is 2.